The maximum atomic E-state index is 14.0. The predicted octanol–water partition coefficient (Wildman–Crippen LogP) is 2.69. The Balaban J connectivity index is 2.37. The molecule has 0 saturated carbocycles. The molecular formula is C11H11Cl2FN2O2. The fourth-order valence-corrected chi connectivity index (χ4v) is 2.27. The summed E-state index contributed by atoms with van der Waals surface area (Å²) in [5.74, 6) is -0.499. The second kappa shape index (κ2) is 5.73. The number of oxime groups is 1. The molecule has 0 aliphatic carbocycles. The van der Waals surface area contributed by atoms with E-state index in [-0.39, 0.29) is 15.8 Å². The van der Waals surface area contributed by atoms with Crippen molar-refractivity contribution in [3.05, 3.63) is 28.5 Å². The van der Waals surface area contributed by atoms with Crippen molar-refractivity contribution in [1.82, 2.24) is 0 Å². The Morgan fingerprint density at radius 2 is 2.06 bits per heavy atom. The minimum atomic E-state index is -0.499. The lowest BCUT2D eigenvalue weighted by molar-refractivity contribution is 0.122. The van der Waals surface area contributed by atoms with E-state index in [9.17, 15) is 4.39 Å². The van der Waals surface area contributed by atoms with Gasteiger partial charge in [-0.15, -0.1) is 0 Å². The minimum Gasteiger partial charge on any atom is -0.410 e. The molecule has 7 heteroatoms. The van der Waals surface area contributed by atoms with Crippen LogP contribution in [0, 0.1) is 5.82 Å². The van der Waals surface area contributed by atoms with Crippen molar-refractivity contribution in [2.24, 2.45) is 5.16 Å². The number of hydrogen-bond donors (Lipinski definition) is 1. The third kappa shape index (κ3) is 2.68. The molecule has 1 N–H and O–H groups in total. The second-order valence-electron chi connectivity index (χ2n) is 3.78. The summed E-state index contributed by atoms with van der Waals surface area (Å²) < 4.78 is 19.2. The lowest BCUT2D eigenvalue weighted by Gasteiger charge is -2.30. The average molecular weight is 293 g/mol. The van der Waals surface area contributed by atoms with Gasteiger partial charge in [0.15, 0.2) is 5.17 Å². The highest BCUT2D eigenvalue weighted by molar-refractivity contribution is 6.69. The normalized spacial score (nSPS) is 17.1. The van der Waals surface area contributed by atoms with E-state index >= 15 is 0 Å². The van der Waals surface area contributed by atoms with Gasteiger partial charge >= 0.3 is 0 Å². The summed E-state index contributed by atoms with van der Waals surface area (Å²) in [5.41, 5.74) is 0.560. The van der Waals surface area contributed by atoms with Crippen LogP contribution in [-0.2, 0) is 4.74 Å². The highest BCUT2D eigenvalue weighted by atomic mass is 35.5. The smallest absolute Gasteiger partial charge is 0.175 e. The summed E-state index contributed by atoms with van der Waals surface area (Å²) in [7, 11) is 0. The van der Waals surface area contributed by atoms with Crippen LogP contribution < -0.4 is 4.90 Å². The van der Waals surface area contributed by atoms with Crippen LogP contribution in [-0.4, -0.2) is 36.7 Å². The molecular weight excluding hydrogens is 282 g/mol. The van der Waals surface area contributed by atoms with Crippen molar-refractivity contribution >= 4 is 34.1 Å². The number of hydrogen-bond acceptors (Lipinski definition) is 4. The number of nitrogens with zero attached hydrogens (tertiary/aromatic N) is 2. The van der Waals surface area contributed by atoms with Crippen molar-refractivity contribution in [2.45, 2.75) is 0 Å². The molecule has 1 aromatic carbocycles. The maximum absolute atomic E-state index is 14.0. The summed E-state index contributed by atoms with van der Waals surface area (Å²) in [6.07, 6.45) is 0. The van der Waals surface area contributed by atoms with Crippen molar-refractivity contribution in [1.29, 1.82) is 0 Å². The zero-order chi connectivity index (χ0) is 13.1. The Morgan fingerprint density at radius 3 is 2.61 bits per heavy atom. The van der Waals surface area contributed by atoms with Crippen LogP contribution in [0.3, 0.4) is 0 Å². The third-order valence-electron chi connectivity index (χ3n) is 2.67. The first-order valence-corrected chi connectivity index (χ1v) is 6.08. The van der Waals surface area contributed by atoms with Crippen molar-refractivity contribution in [3.8, 4) is 0 Å². The molecule has 1 aliphatic heterocycles. The van der Waals surface area contributed by atoms with Crippen molar-refractivity contribution in [3.63, 3.8) is 0 Å². The third-order valence-corrected chi connectivity index (χ3v) is 3.25. The molecule has 0 atom stereocenters. The van der Waals surface area contributed by atoms with Gasteiger partial charge in [0.05, 0.1) is 23.9 Å². The van der Waals surface area contributed by atoms with Crippen LogP contribution in [0.2, 0.25) is 5.02 Å². The molecule has 0 radical (unpaired) electrons. The molecule has 0 unspecified atom stereocenters. The number of benzene rings is 1. The molecule has 1 heterocycles. The molecule has 0 amide bonds. The van der Waals surface area contributed by atoms with E-state index in [1.54, 1.807) is 0 Å². The number of anilines is 1. The molecule has 18 heavy (non-hydrogen) atoms. The van der Waals surface area contributed by atoms with Gasteiger partial charge in [0.1, 0.15) is 5.82 Å². The van der Waals surface area contributed by atoms with E-state index in [1.165, 1.54) is 12.1 Å². The lowest BCUT2D eigenvalue weighted by atomic mass is 10.2. The molecule has 0 bridgehead atoms. The molecule has 0 spiro atoms. The Labute approximate surface area is 114 Å². The van der Waals surface area contributed by atoms with Gasteiger partial charge < -0.3 is 14.8 Å². The quantitative estimate of drug-likeness (QED) is 0.518. The van der Waals surface area contributed by atoms with E-state index in [1.807, 2.05) is 4.90 Å². The Morgan fingerprint density at radius 1 is 1.39 bits per heavy atom. The van der Waals surface area contributed by atoms with Crippen molar-refractivity contribution < 1.29 is 14.3 Å². The SMILES string of the molecule is O/N=C(/Cl)c1cc(F)c(N2CCOCC2)c(Cl)c1. The van der Waals surface area contributed by atoms with Gasteiger partial charge in [0, 0.05) is 18.7 Å². The summed E-state index contributed by atoms with van der Waals surface area (Å²) in [5, 5.41) is 11.4. The minimum absolute atomic E-state index is 0.204. The molecule has 4 nitrogen and oxygen atoms in total. The largest absolute Gasteiger partial charge is 0.410 e. The van der Waals surface area contributed by atoms with Gasteiger partial charge in [-0.1, -0.05) is 28.4 Å². The van der Waals surface area contributed by atoms with E-state index in [2.05, 4.69) is 5.16 Å². The fourth-order valence-electron chi connectivity index (χ4n) is 1.83. The average Bonchev–Trinajstić information content (AvgIpc) is 2.38. The van der Waals surface area contributed by atoms with Crippen LogP contribution in [0.5, 0.6) is 0 Å². The van der Waals surface area contributed by atoms with Gasteiger partial charge in [0.25, 0.3) is 0 Å². The first-order valence-electron chi connectivity index (χ1n) is 5.33. The van der Waals surface area contributed by atoms with E-state index in [0.717, 1.165) is 0 Å². The molecule has 0 aromatic heterocycles. The Bertz CT molecular complexity index is 453. The summed E-state index contributed by atoms with van der Waals surface area (Å²) in [4.78, 5) is 1.81. The fraction of sp³-hybridized carbons (Fsp3) is 0.364. The van der Waals surface area contributed by atoms with Gasteiger partial charge in [-0.2, -0.15) is 0 Å². The number of halogens is 3. The van der Waals surface area contributed by atoms with E-state index in [0.29, 0.717) is 32.0 Å². The lowest BCUT2D eigenvalue weighted by Crippen LogP contribution is -2.37. The summed E-state index contributed by atoms with van der Waals surface area (Å²) in [6, 6.07) is 2.66. The highest BCUT2D eigenvalue weighted by Gasteiger charge is 2.20. The highest BCUT2D eigenvalue weighted by Crippen LogP contribution is 2.31. The van der Waals surface area contributed by atoms with Gasteiger partial charge in [0.2, 0.25) is 0 Å². The van der Waals surface area contributed by atoms with Gasteiger partial charge in [-0.05, 0) is 12.1 Å². The van der Waals surface area contributed by atoms with Crippen LogP contribution in [0.15, 0.2) is 17.3 Å². The monoisotopic (exact) mass is 292 g/mol. The maximum Gasteiger partial charge on any atom is 0.175 e. The number of rotatable bonds is 2. The van der Waals surface area contributed by atoms with E-state index < -0.39 is 5.82 Å². The number of ether oxygens (including phenoxy) is 1. The molecule has 1 aliphatic rings. The number of morpholine rings is 1. The summed E-state index contributed by atoms with van der Waals surface area (Å²) >= 11 is 11.7. The Hall–Kier alpha value is -1.04. The zero-order valence-electron chi connectivity index (χ0n) is 9.37. The predicted molar refractivity (Wildman–Crippen MR) is 68.6 cm³/mol. The second-order valence-corrected chi connectivity index (χ2v) is 4.54. The van der Waals surface area contributed by atoms with Crippen molar-refractivity contribution in [2.75, 3.05) is 31.2 Å². The van der Waals surface area contributed by atoms with Crippen LogP contribution in [0.25, 0.3) is 0 Å². The molecule has 1 fully saturated rings. The molecule has 98 valence electrons. The summed E-state index contributed by atoms with van der Waals surface area (Å²) in [6.45, 7) is 2.24. The Kier molecular flexibility index (Phi) is 4.27. The van der Waals surface area contributed by atoms with Crippen LogP contribution in [0.4, 0.5) is 10.1 Å². The molecule has 2 rings (SSSR count). The topological polar surface area (TPSA) is 45.1 Å². The van der Waals surface area contributed by atoms with E-state index in [4.69, 9.17) is 33.1 Å². The molecule has 1 aromatic rings. The van der Waals surface area contributed by atoms with Crippen LogP contribution >= 0.6 is 23.2 Å². The molecule has 1 saturated heterocycles. The first kappa shape index (κ1) is 13.4. The van der Waals surface area contributed by atoms with Crippen LogP contribution in [0.1, 0.15) is 5.56 Å². The standard InChI is InChI=1S/C11H11Cl2FN2O2/c12-8-5-7(11(13)15-17)6-9(14)10(8)16-1-3-18-4-2-16/h5-6,17H,1-4H2/b15-11+. The van der Waals surface area contributed by atoms with Gasteiger partial charge in [-0.3, -0.25) is 0 Å². The van der Waals surface area contributed by atoms with Gasteiger partial charge in [-0.25, -0.2) is 4.39 Å². The first-order chi connectivity index (χ1) is 8.63. The zero-order valence-corrected chi connectivity index (χ0v) is 10.9.